The first kappa shape index (κ1) is 25.0. The van der Waals surface area contributed by atoms with Crippen molar-refractivity contribution in [3.8, 4) is 11.5 Å². The van der Waals surface area contributed by atoms with Crippen LogP contribution in [0.25, 0.3) is 0 Å². The molecule has 1 aliphatic carbocycles. The second-order valence-corrected chi connectivity index (χ2v) is 9.51. The third-order valence-corrected chi connectivity index (χ3v) is 7.05. The van der Waals surface area contributed by atoms with Crippen LogP contribution in [0.5, 0.6) is 11.5 Å². The van der Waals surface area contributed by atoms with Crippen molar-refractivity contribution in [2.24, 2.45) is 17.8 Å². The van der Waals surface area contributed by atoms with Crippen molar-refractivity contribution >= 4 is 0 Å². The lowest BCUT2D eigenvalue weighted by Crippen LogP contribution is -2.34. The maximum Gasteiger partial charge on any atom is 0.200 e. The van der Waals surface area contributed by atoms with Crippen LogP contribution in [0.1, 0.15) is 104 Å². The highest BCUT2D eigenvalue weighted by Gasteiger charge is 2.31. The number of hydrogen-bond acceptors (Lipinski definition) is 3. The van der Waals surface area contributed by atoms with Crippen molar-refractivity contribution in [2.45, 2.75) is 111 Å². The molecule has 3 nitrogen and oxygen atoms in total. The zero-order valence-corrected chi connectivity index (χ0v) is 20.6. The third-order valence-electron chi connectivity index (χ3n) is 7.05. The van der Waals surface area contributed by atoms with E-state index in [1.807, 2.05) is 0 Å². The summed E-state index contributed by atoms with van der Waals surface area (Å²) in [6, 6.07) is 6.42. The minimum absolute atomic E-state index is 0.224. The van der Waals surface area contributed by atoms with Crippen molar-refractivity contribution in [1.82, 2.24) is 0 Å². The molecule has 1 aliphatic rings. The van der Waals surface area contributed by atoms with Gasteiger partial charge in [-0.2, -0.15) is 0 Å². The molecule has 0 heterocycles. The topological polar surface area (TPSA) is 27.7 Å². The molecule has 1 fully saturated rings. The normalized spacial score (nSPS) is 23.0. The fourth-order valence-electron chi connectivity index (χ4n) is 5.11. The molecule has 0 radical (unpaired) electrons. The fraction of sp³-hybridized carbons (Fsp3) is 0.778. The Kier molecular flexibility index (Phi) is 10.5. The Morgan fingerprint density at radius 1 is 0.933 bits per heavy atom. The summed E-state index contributed by atoms with van der Waals surface area (Å²) < 4.78 is 18.7. The van der Waals surface area contributed by atoms with Crippen LogP contribution in [0.2, 0.25) is 0 Å². The van der Waals surface area contributed by atoms with Gasteiger partial charge in [0, 0.05) is 6.42 Å². The average molecular weight is 419 g/mol. The molecule has 0 aromatic heterocycles. The Balaban J connectivity index is 2.12. The largest absolute Gasteiger partial charge is 0.493 e. The predicted molar refractivity (Wildman–Crippen MR) is 126 cm³/mol. The maximum absolute atomic E-state index is 6.57. The zero-order valence-electron chi connectivity index (χ0n) is 20.6. The van der Waals surface area contributed by atoms with Gasteiger partial charge in [0.2, 0.25) is 6.29 Å². The van der Waals surface area contributed by atoms with Crippen molar-refractivity contribution in [1.29, 1.82) is 0 Å². The molecule has 1 saturated carbocycles. The molecule has 4 atom stereocenters. The Hall–Kier alpha value is -1.22. The molecular weight excluding hydrogens is 372 g/mol. The van der Waals surface area contributed by atoms with E-state index in [1.54, 1.807) is 7.11 Å². The molecule has 0 N–H and O–H groups in total. The lowest BCUT2D eigenvalue weighted by molar-refractivity contribution is -0.145. The van der Waals surface area contributed by atoms with E-state index in [-0.39, 0.29) is 6.29 Å². The van der Waals surface area contributed by atoms with Gasteiger partial charge in [-0.05, 0) is 73.5 Å². The van der Waals surface area contributed by atoms with E-state index in [4.69, 9.17) is 14.2 Å². The van der Waals surface area contributed by atoms with E-state index in [2.05, 4.69) is 59.7 Å². The average Bonchev–Trinajstić information content (AvgIpc) is 2.74. The van der Waals surface area contributed by atoms with Crippen LogP contribution in [0.3, 0.4) is 0 Å². The molecule has 1 aromatic carbocycles. The first-order valence-corrected chi connectivity index (χ1v) is 12.4. The van der Waals surface area contributed by atoms with Gasteiger partial charge >= 0.3 is 0 Å². The standard InChI is InChI=1S/C27H46O3/c1-8-20(9-2)23-13-15-25(26(18-23)28-7)30-27(16-19(5)6)29-24-14-12-21(10-3)22(11-4)17-24/h13,15,18-22,24,27H,8-12,14,16-17H2,1-7H3. The number of rotatable bonds is 12. The smallest absolute Gasteiger partial charge is 0.200 e. The Labute approximate surface area is 185 Å². The Bertz CT molecular complexity index is 608. The van der Waals surface area contributed by atoms with E-state index in [9.17, 15) is 0 Å². The van der Waals surface area contributed by atoms with E-state index in [1.165, 1.54) is 24.8 Å². The monoisotopic (exact) mass is 418 g/mol. The Morgan fingerprint density at radius 2 is 1.63 bits per heavy atom. The van der Waals surface area contributed by atoms with Crippen molar-refractivity contribution in [3.05, 3.63) is 23.8 Å². The molecule has 0 spiro atoms. The molecular formula is C27H46O3. The van der Waals surface area contributed by atoms with Crippen LogP contribution in [0.15, 0.2) is 18.2 Å². The lowest BCUT2D eigenvalue weighted by atomic mass is 9.75. The number of hydrogen-bond donors (Lipinski definition) is 0. The highest BCUT2D eigenvalue weighted by atomic mass is 16.7. The second-order valence-electron chi connectivity index (χ2n) is 9.51. The van der Waals surface area contributed by atoms with Crippen molar-refractivity contribution < 1.29 is 14.2 Å². The molecule has 30 heavy (non-hydrogen) atoms. The summed E-state index contributed by atoms with van der Waals surface area (Å²) in [5.41, 5.74) is 1.33. The number of ether oxygens (including phenoxy) is 3. The quantitative estimate of drug-likeness (QED) is 0.322. The summed E-state index contributed by atoms with van der Waals surface area (Å²) in [6.45, 7) is 13.6. The van der Waals surface area contributed by atoms with Crippen molar-refractivity contribution in [2.75, 3.05) is 7.11 Å². The van der Waals surface area contributed by atoms with Crippen LogP contribution in [-0.4, -0.2) is 19.5 Å². The van der Waals surface area contributed by atoms with Crippen molar-refractivity contribution in [3.63, 3.8) is 0 Å². The van der Waals surface area contributed by atoms with Crippen LogP contribution in [0, 0.1) is 17.8 Å². The SMILES string of the molecule is CCC(CC)c1ccc(OC(CC(C)C)OC2CCC(CC)C(CC)C2)c(OC)c1. The molecule has 0 amide bonds. The van der Waals surface area contributed by atoms with Crippen LogP contribution in [0.4, 0.5) is 0 Å². The molecule has 172 valence electrons. The first-order valence-electron chi connectivity index (χ1n) is 12.4. The van der Waals surface area contributed by atoms with Gasteiger partial charge in [0.25, 0.3) is 0 Å². The lowest BCUT2D eigenvalue weighted by Gasteiger charge is -2.37. The van der Waals surface area contributed by atoms with Crippen LogP contribution >= 0.6 is 0 Å². The fourth-order valence-corrected chi connectivity index (χ4v) is 5.11. The van der Waals surface area contributed by atoms with E-state index in [0.29, 0.717) is 17.9 Å². The minimum atomic E-state index is -0.224. The van der Waals surface area contributed by atoms with Gasteiger partial charge < -0.3 is 14.2 Å². The summed E-state index contributed by atoms with van der Waals surface area (Å²) in [6.07, 6.45) is 9.38. The van der Waals surface area contributed by atoms with Gasteiger partial charge in [0.05, 0.1) is 13.2 Å². The van der Waals surface area contributed by atoms with Crippen LogP contribution in [-0.2, 0) is 4.74 Å². The Morgan fingerprint density at radius 3 is 2.20 bits per heavy atom. The number of benzene rings is 1. The molecule has 2 rings (SSSR count). The van der Waals surface area contributed by atoms with E-state index in [0.717, 1.165) is 55.4 Å². The summed E-state index contributed by atoms with van der Waals surface area (Å²) in [5.74, 6) is 4.33. The zero-order chi connectivity index (χ0) is 22.1. The summed E-state index contributed by atoms with van der Waals surface area (Å²) in [5, 5.41) is 0. The van der Waals surface area contributed by atoms with Gasteiger partial charge in [-0.15, -0.1) is 0 Å². The molecule has 0 saturated heterocycles. The second kappa shape index (κ2) is 12.6. The maximum atomic E-state index is 6.57. The molecule has 1 aromatic rings. The first-order chi connectivity index (χ1) is 14.4. The third kappa shape index (κ3) is 6.90. The molecule has 0 aliphatic heterocycles. The minimum Gasteiger partial charge on any atom is -0.493 e. The highest BCUT2D eigenvalue weighted by Crippen LogP contribution is 2.38. The van der Waals surface area contributed by atoms with Gasteiger partial charge in [0.15, 0.2) is 11.5 Å². The van der Waals surface area contributed by atoms with E-state index < -0.39 is 0 Å². The summed E-state index contributed by atoms with van der Waals surface area (Å²) >= 11 is 0. The number of methoxy groups -OCH3 is 1. The predicted octanol–water partition coefficient (Wildman–Crippen LogP) is 7.97. The van der Waals surface area contributed by atoms with Crippen LogP contribution < -0.4 is 9.47 Å². The summed E-state index contributed by atoms with van der Waals surface area (Å²) in [4.78, 5) is 0. The van der Waals surface area contributed by atoms with Gasteiger partial charge in [-0.3, -0.25) is 0 Å². The molecule has 3 heteroatoms. The molecule has 4 unspecified atom stereocenters. The molecule has 0 bridgehead atoms. The summed E-state index contributed by atoms with van der Waals surface area (Å²) in [7, 11) is 1.73. The van der Waals surface area contributed by atoms with Gasteiger partial charge in [-0.25, -0.2) is 0 Å². The highest BCUT2D eigenvalue weighted by molar-refractivity contribution is 5.44. The van der Waals surface area contributed by atoms with Gasteiger partial charge in [-0.1, -0.05) is 60.5 Å². The van der Waals surface area contributed by atoms with E-state index >= 15 is 0 Å². The van der Waals surface area contributed by atoms with Gasteiger partial charge in [0.1, 0.15) is 0 Å².